The summed E-state index contributed by atoms with van der Waals surface area (Å²) >= 11 is 1.60. The summed E-state index contributed by atoms with van der Waals surface area (Å²) in [4.78, 5) is 4.60. The minimum atomic E-state index is -3.35. The van der Waals surface area contributed by atoms with Crippen molar-refractivity contribution in [3.05, 3.63) is 16.1 Å². The third kappa shape index (κ3) is 4.75. The Kier molecular flexibility index (Phi) is 5.63. The van der Waals surface area contributed by atoms with Gasteiger partial charge in [-0.25, -0.2) is 9.71 Å². The number of hydrogen-bond donors (Lipinski definition) is 1. The zero-order valence-electron chi connectivity index (χ0n) is 13.9. The fourth-order valence-electron chi connectivity index (χ4n) is 2.51. The summed E-state index contributed by atoms with van der Waals surface area (Å²) in [7, 11) is -3.35. The summed E-state index contributed by atoms with van der Waals surface area (Å²) in [6.45, 7) is 10.2. The highest BCUT2D eigenvalue weighted by Gasteiger charge is 2.26. The third-order valence-corrected chi connectivity index (χ3v) is 6.39. The van der Waals surface area contributed by atoms with Gasteiger partial charge in [0.05, 0.1) is 10.7 Å². The summed E-state index contributed by atoms with van der Waals surface area (Å²) in [6.07, 6.45) is 2.70. The SMILES string of the molecule is C[C@@H]1CCCN(S(=O)(=O)NCCc2nc(C(C)(C)C)cs2)C1. The van der Waals surface area contributed by atoms with E-state index in [1.165, 1.54) is 0 Å². The monoisotopic (exact) mass is 345 g/mol. The van der Waals surface area contributed by atoms with Crippen molar-refractivity contribution in [1.29, 1.82) is 0 Å². The molecule has 0 aliphatic carbocycles. The number of nitrogens with one attached hydrogen (secondary N) is 1. The van der Waals surface area contributed by atoms with Crippen LogP contribution in [0.1, 0.15) is 51.2 Å². The van der Waals surface area contributed by atoms with Crippen LogP contribution in [0.15, 0.2) is 5.38 Å². The van der Waals surface area contributed by atoms with Crippen LogP contribution in [0.3, 0.4) is 0 Å². The lowest BCUT2D eigenvalue weighted by atomic mass is 9.93. The van der Waals surface area contributed by atoms with E-state index in [0.29, 0.717) is 32.0 Å². The maximum atomic E-state index is 12.3. The zero-order chi connectivity index (χ0) is 16.4. The predicted octanol–water partition coefficient (Wildman–Crippen LogP) is 2.55. The normalized spacial score (nSPS) is 21.2. The summed E-state index contributed by atoms with van der Waals surface area (Å²) in [5.74, 6) is 0.443. The molecule has 126 valence electrons. The van der Waals surface area contributed by atoms with Crippen molar-refractivity contribution >= 4 is 21.5 Å². The first-order valence-corrected chi connectivity index (χ1v) is 10.2. The van der Waals surface area contributed by atoms with Gasteiger partial charge >= 0.3 is 0 Å². The number of hydrogen-bond acceptors (Lipinski definition) is 4. The Morgan fingerprint density at radius 2 is 2.18 bits per heavy atom. The van der Waals surface area contributed by atoms with Gasteiger partial charge in [-0.2, -0.15) is 12.7 Å². The molecule has 1 aliphatic heterocycles. The van der Waals surface area contributed by atoms with E-state index in [-0.39, 0.29) is 5.41 Å². The van der Waals surface area contributed by atoms with Gasteiger partial charge in [0, 0.05) is 36.9 Å². The van der Waals surface area contributed by atoms with Gasteiger partial charge in [0.2, 0.25) is 0 Å². The van der Waals surface area contributed by atoms with E-state index in [2.05, 4.69) is 42.8 Å². The molecule has 7 heteroatoms. The van der Waals surface area contributed by atoms with Gasteiger partial charge < -0.3 is 0 Å². The van der Waals surface area contributed by atoms with Crippen LogP contribution in [-0.4, -0.2) is 37.3 Å². The molecular formula is C15H27N3O2S2. The molecule has 2 rings (SSSR count). The molecule has 2 heterocycles. The smallest absolute Gasteiger partial charge is 0.246 e. The molecule has 0 aromatic carbocycles. The Balaban J connectivity index is 1.86. The van der Waals surface area contributed by atoms with E-state index >= 15 is 0 Å². The van der Waals surface area contributed by atoms with Crippen molar-refractivity contribution in [2.24, 2.45) is 5.92 Å². The molecule has 0 amide bonds. The van der Waals surface area contributed by atoms with E-state index in [1.54, 1.807) is 15.6 Å². The van der Waals surface area contributed by atoms with Crippen LogP contribution in [0, 0.1) is 5.92 Å². The maximum absolute atomic E-state index is 12.3. The Morgan fingerprint density at radius 1 is 1.45 bits per heavy atom. The highest BCUT2D eigenvalue weighted by Crippen LogP contribution is 2.24. The second kappa shape index (κ2) is 6.95. The highest BCUT2D eigenvalue weighted by molar-refractivity contribution is 7.87. The quantitative estimate of drug-likeness (QED) is 0.892. The second-order valence-electron chi connectivity index (χ2n) is 7.13. The molecule has 1 aromatic heterocycles. The molecule has 1 aliphatic rings. The van der Waals surface area contributed by atoms with Crippen molar-refractivity contribution in [2.75, 3.05) is 19.6 Å². The molecule has 1 atom stereocenters. The standard InChI is InChI=1S/C15H27N3O2S2/c1-12-6-5-9-18(10-12)22(19,20)16-8-7-14-17-13(11-21-14)15(2,3)4/h11-12,16H,5-10H2,1-4H3/t12-/m1/s1. The van der Waals surface area contributed by atoms with Gasteiger partial charge in [-0.05, 0) is 18.8 Å². The number of rotatable bonds is 5. The molecule has 22 heavy (non-hydrogen) atoms. The first-order chi connectivity index (χ1) is 10.2. The van der Waals surface area contributed by atoms with Gasteiger partial charge in [0.1, 0.15) is 0 Å². The minimum absolute atomic E-state index is 0.0399. The summed E-state index contributed by atoms with van der Waals surface area (Å²) < 4.78 is 28.9. The number of aromatic nitrogens is 1. The van der Waals surface area contributed by atoms with Crippen LogP contribution in [0.4, 0.5) is 0 Å². The first kappa shape index (κ1) is 17.8. The lowest BCUT2D eigenvalue weighted by Gasteiger charge is -2.29. The van der Waals surface area contributed by atoms with Gasteiger partial charge in [-0.1, -0.05) is 27.7 Å². The summed E-state index contributed by atoms with van der Waals surface area (Å²) in [5, 5.41) is 3.05. The Morgan fingerprint density at radius 3 is 2.77 bits per heavy atom. The fourth-order valence-corrected chi connectivity index (χ4v) is 4.90. The van der Waals surface area contributed by atoms with Gasteiger partial charge in [0.25, 0.3) is 10.2 Å². The number of thiazole rings is 1. The maximum Gasteiger partial charge on any atom is 0.279 e. The Bertz CT molecular complexity index is 590. The van der Waals surface area contributed by atoms with E-state index in [4.69, 9.17) is 0 Å². The van der Waals surface area contributed by atoms with Crippen LogP contribution >= 0.6 is 11.3 Å². The second-order valence-corrected chi connectivity index (χ2v) is 9.83. The number of piperidine rings is 1. The molecule has 5 nitrogen and oxygen atoms in total. The molecule has 1 saturated heterocycles. The molecule has 0 unspecified atom stereocenters. The molecule has 0 radical (unpaired) electrons. The molecule has 1 aromatic rings. The fraction of sp³-hybridized carbons (Fsp3) is 0.800. The average molecular weight is 346 g/mol. The lowest BCUT2D eigenvalue weighted by molar-refractivity contribution is 0.278. The van der Waals surface area contributed by atoms with Crippen molar-refractivity contribution < 1.29 is 8.42 Å². The Hall–Kier alpha value is -0.500. The van der Waals surface area contributed by atoms with Crippen molar-refractivity contribution in [3.63, 3.8) is 0 Å². The molecule has 1 N–H and O–H groups in total. The minimum Gasteiger partial charge on any atom is -0.246 e. The predicted molar refractivity (Wildman–Crippen MR) is 91.4 cm³/mol. The molecule has 0 bridgehead atoms. The zero-order valence-corrected chi connectivity index (χ0v) is 15.6. The van der Waals surface area contributed by atoms with Crippen LogP contribution in [-0.2, 0) is 22.0 Å². The molecule has 0 saturated carbocycles. The Labute approximate surface area is 138 Å². The highest BCUT2D eigenvalue weighted by atomic mass is 32.2. The van der Waals surface area contributed by atoms with Crippen LogP contribution in [0.2, 0.25) is 0 Å². The third-order valence-electron chi connectivity index (χ3n) is 3.90. The van der Waals surface area contributed by atoms with Gasteiger partial charge in [-0.3, -0.25) is 0 Å². The van der Waals surface area contributed by atoms with Gasteiger partial charge in [0.15, 0.2) is 0 Å². The molecule has 1 fully saturated rings. The molecule has 0 spiro atoms. The van der Waals surface area contributed by atoms with Crippen molar-refractivity contribution in [3.8, 4) is 0 Å². The van der Waals surface area contributed by atoms with Crippen LogP contribution in [0.25, 0.3) is 0 Å². The average Bonchev–Trinajstić information content (AvgIpc) is 2.87. The van der Waals surface area contributed by atoms with E-state index in [0.717, 1.165) is 23.5 Å². The lowest BCUT2D eigenvalue weighted by Crippen LogP contribution is -2.46. The van der Waals surface area contributed by atoms with Gasteiger partial charge in [-0.15, -0.1) is 11.3 Å². The van der Waals surface area contributed by atoms with E-state index in [9.17, 15) is 8.42 Å². The van der Waals surface area contributed by atoms with Crippen LogP contribution in [0.5, 0.6) is 0 Å². The van der Waals surface area contributed by atoms with Crippen LogP contribution < -0.4 is 4.72 Å². The van der Waals surface area contributed by atoms with E-state index in [1.807, 2.05) is 0 Å². The van der Waals surface area contributed by atoms with Crippen molar-refractivity contribution in [1.82, 2.24) is 14.0 Å². The molecular weight excluding hydrogens is 318 g/mol. The van der Waals surface area contributed by atoms with Crippen molar-refractivity contribution in [2.45, 2.75) is 52.4 Å². The summed E-state index contributed by atoms with van der Waals surface area (Å²) in [6, 6.07) is 0. The van der Waals surface area contributed by atoms with E-state index < -0.39 is 10.2 Å². The summed E-state index contributed by atoms with van der Waals surface area (Å²) in [5.41, 5.74) is 1.11. The number of nitrogens with zero attached hydrogens (tertiary/aromatic N) is 2. The first-order valence-electron chi connectivity index (χ1n) is 7.88. The topological polar surface area (TPSA) is 62.3 Å². The largest absolute Gasteiger partial charge is 0.279 e.